The van der Waals surface area contributed by atoms with Crippen LogP contribution in [0.5, 0.6) is 11.5 Å². The van der Waals surface area contributed by atoms with Crippen LogP contribution in [0.3, 0.4) is 0 Å². The average molecular weight is 332 g/mol. The van der Waals surface area contributed by atoms with Crippen molar-refractivity contribution in [3.8, 4) is 11.5 Å². The Hall–Kier alpha value is -2.90. The SMILES string of the molecule is COc1ccc(Cc2nnc([C@H](C)NC(C)=O)c(=O)[nH]2)cc1OC. The quantitative estimate of drug-likeness (QED) is 0.816. The molecule has 128 valence electrons. The number of aromatic nitrogens is 3. The lowest BCUT2D eigenvalue weighted by molar-refractivity contribution is -0.119. The Labute approximate surface area is 139 Å². The maximum absolute atomic E-state index is 12.1. The van der Waals surface area contributed by atoms with Gasteiger partial charge < -0.3 is 19.8 Å². The second-order valence-electron chi connectivity index (χ2n) is 5.27. The summed E-state index contributed by atoms with van der Waals surface area (Å²) in [6.07, 6.45) is 0.386. The highest BCUT2D eigenvalue weighted by Gasteiger charge is 2.14. The zero-order valence-electron chi connectivity index (χ0n) is 14.0. The number of H-pyrrole nitrogens is 1. The van der Waals surface area contributed by atoms with Crippen molar-refractivity contribution in [3.05, 3.63) is 45.6 Å². The Morgan fingerprint density at radius 3 is 2.54 bits per heavy atom. The third-order valence-corrected chi connectivity index (χ3v) is 3.42. The van der Waals surface area contributed by atoms with Crippen LogP contribution in [0.4, 0.5) is 0 Å². The van der Waals surface area contributed by atoms with E-state index in [2.05, 4.69) is 20.5 Å². The molecule has 0 aliphatic carbocycles. The second kappa shape index (κ2) is 7.58. The summed E-state index contributed by atoms with van der Waals surface area (Å²) in [5.41, 5.74) is 0.684. The van der Waals surface area contributed by atoms with Crippen LogP contribution < -0.4 is 20.3 Å². The van der Waals surface area contributed by atoms with Gasteiger partial charge in [0.2, 0.25) is 5.91 Å². The molecule has 2 rings (SSSR count). The van der Waals surface area contributed by atoms with Crippen LogP contribution in [-0.4, -0.2) is 35.3 Å². The number of ether oxygens (including phenoxy) is 2. The highest BCUT2D eigenvalue weighted by atomic mass is 16.5. The molecule has 0 unspecified atom stereocenters. The van der Waals surface area contributed by atoms with Crippen molar-refractivity contribution in [3.63, 3.8) is 0 Å². The topological polar surface area (TPSA) is 106 Å². The van der Waals surface area contributed by atoms with Gasteiger partial charge in [0.25, 0.3) is 5.56 Å². The van der Waals surface area contributed by atoms with Crippen LogP contribution in [0.25, 0.3) is 0 Å². The highest BCUT2D eigenvalue weighted by molar-refractivity contribution is 5.73. The van der Waals surface area contributed by atoms with Crippen molar-refractivity contribution in [1.82, 2.24) is 20.5 Å². The van der Waals surface area contributed by atoms with Gasteiger partial charge in [-0.2, -0.15) is 0 Å². The molecule has 8 nitrogen and oxygen atoms in total. The van der Waals surface area contributed by atoms with Gasteiger partial charge >= 0.3 is 0 Å². The molecule has 0 aliphatic rings. The van der Waals surface area contributed by atoms with E-state index in [-0.39, 0.29) is 17.2 Å². The first-order valence-corrected chi connectivity index (χ1v) is 7.38. The number of benzene rings is 1. The standard InChI is InChI=1S/C16H20N4O4/c1-9(17-10(2)21)15-16(22)18-14(19-20-15)8-11-5-6-12(23-3)13(7-11)24-4/h5-7,9H,8H2,1-4H3,(H,17,21)(H,18,19,22)/t9-/m0/s1. The predicted molar refractivity (Wildman–Crippen MR) is 87.2 cm³/mol. The van der Waals surface area contributed by atoms with Crippen LogP contribution in [0.1, 0.15) is 37.0 Å². The molecular weight excluding hydrogens is 312 g/mol. The smallest absolute Gasteiger partial charge is 0.275 e. The summed E-state index contributed by atoms with van der Waals surface area (Å²) >= 11 is 0. The van der Waals surface area contributed by atoms with Crippen molar-refractivity contribution in [2.45, 2.75) is 26.3 Å². The largest absolute Gasteiger partial charge is 0.493 e. The first-order chi connectivity index (χ1) is 11.4. The summed E-state index contributed by atoms with van der Waals surface area (Å²) < 4.78 is 10.4. The maximum Gasteiger partial charge on any atom is 0.275 e. The molecule has 2 N–H and O–H groups in total. The Morgan fingerprint density at radius 2 is 1.96 bits per heavy atom. The normalized spacial score (nSPS) is 11.7. The fourth-order valence-corrected chi connectivity index (χ4v) is 2.30. The third-order valence-electron chi connectivity index (χ3n) is 3.42. The Kier molecular flexibility index (Phi) is 5.51. The summed E-state index contributed by atoms with van der Waals surface area (Å²) in [6.45, 7) is 3.05. The maximum atomic E-state index is 12.1. The number of methoxy groups -OCH3 is 2. The minimum Gasteiger partial charge on any atom is -0.493 e. The highest BCUT2D eigenvalue weighted by Crippen LogP contribution is 2.28. The monoisotopic (exact) mass is 332 g/mol. The number of nitrogens with one attached hydrogen (secondary N) is 2. The molecule has 0 radical (unpaired) electrons. The molecule has 24 heavy (non-hydrogen) atoms. The van der Waals surface area contributed by atoms with E-state index in [1.54, 1.807) is 27.2 Å². The molecule has 1 heterocycles. The van der Waals surface area contributed by atoms with Crippen molar-refractivity contribution in [2.75, 3.05) is 14.2 Å². The summed E-state index contributed by atoms with van der Waals surface area (Å²) in [6, 6.07) is 4.95. The molecule has 1 aromatic heterocycles. The summed E-state index contributed by atoms with van der Waals surface area (Å²) in [4.78, 5) is 25.9. The van der Waals surface area contributed by atoms with E-state index in [4.69, 9.17) is 9.47 Å². The van der Waals surface area contributed by atoms with E-state index in [1.807, 2.05) is 12.1 Å². The van der Waals surface area contributed by atoms with Gasteiger partial charge in [-0.05, 0) is 24.6 Å². The lowest BCUT2D eigenvalue weighted by Crippen LogP contribution is -2.31. The molecule has 0 aliphatic heterocycles. The molecule has 1 atom stereocenters. The number of hydrogen-bond donors (Lipinski definition) is 2. The number of carbonyl (C=O) groups excluding carboxylic acids is 1. The lowest BCUT2D eigenvalue weighted by atomic mass is 10.1. The predicted octanol–water partition coefficient (Wildman–Crippen LogP) is 0.970. The molecule has 0 saturated heterocycles. The number of nitrogens with zero attached hydrogens (tertiary/aromatic N) is 2. The van der Waals surface area contributed by atoms with E-state index in [1.165, 1.54) is 6.92 Å². The summed E-state index contributed by atoms with van der Waals surface area (Å²) in [5.74, 6) is 1.41. The molecule has 0 fully saturated rings. The molecule has 0 saturated carbocycles. The van der Waals surface area contributed by atoms with E-state index in [0.717, 1.165) is 5.56 Å². The fourth-order valence-electron chi connectivity index (χ4n) is 2.30. The molecule has 8 heteroatoms. The van der Waals surface area contributed by atoms with Crippen molar-refractivity contribution < 1.29 is 14.3 Å². The number of hydrogen-bond acceptors (Lipinski definition) is 6. The average Bonchev–Trinajstić information content (AvgIpc) is 2.54. The van der Waals surface area contributed by atoms with Gasteiger partial charge in [0, 0.05) is 13.3 Å². The van der Waals surface area contributed by atoms with E-state index in [9.17, 15) is 9.59 Å². The summed E-state index contributed by atoms with van der Waals surface area (Å²) in [7, 11) is 3.12. The van der Waals surface area contributed by atoms with Gasteiger partial charge in [0.1, 0.15) is 11.5 Å². The van der Waals surface area contributed by atoms with Gasteiger partial charge in [-0.1, -0.05) is 6.07 Å². The number of carbonyl (C=O) groups is 1. The zero-order chi connectivity index (χ0) is 17.7. The third kappa shape index (κ3) is 4.09. The van der Waals surface area contributed by atoms with Crippen LogP contribution in [0.15, 0.2) is 23.0 Å². The van der Waals surface area contributed by atoms with Crippen molar-refractivity contribution >= 4 is 5.91 Å². The number of aromatic amines is 1. The molecule has 0 spiro atoms. The van der Waals surface area contributed by atoms with Crippen molar-refractivity contribution in [2.24, 2.45) is 0 Å². The lowest BCUT2D eigenvalue weighted by Gasteiger charge is -2.11. The summed E-state index contributed by atoms with van der Waals surface area (Å²) in [5, 5.41) is 10.6. The Morgan fingerprint density at radius 1 is 1.25 bits per heavy atom. The minimum absolute atomic E-state index is 0.168. The molecule has 1 aromatic carbocycles. The van der Waals surface area contributed by atoms with Gasteiger partial charge in [-0.3, -0.25) is 9.59 Å². The number of rotatable bonds is 6. The van der Waals surface area contributed by atoms with Gasteiger partial charge in [0.05, 0.1) is 20.3 Å². The number of amides is 1. The zero-order valence-corrected chi connectivity index (χ0v) is 14.0. The van der Waals surface area contributed by atoms with Crippen LogP contribution in [0, 0.1) is 0 Å². The van der Waals surface area contributed by atoms with E-state index < -0.39 is 6.04 Å². The first kappa shape index (κ1) is 17.5. The van der Waals surface area contributed by atoms with Gasteiger partial charge in [-0.15, -0.1) is 10.2 Å². The van der Waals surface area contributed by atoms with E-state index >= 15 is 0 Å². The van der Waals surface area contributed by atoms with Gasteiger partial charge in [-0.25, -0.2) is 0 Å². The fraction of sp³-hybridized carbons (Fsp3) is 0.375. The molecule has 2 aromatic rings. The molecule has 0 bridgehead atoms. The first-order valence-electron chi connectivity index (χ1n) is 7.38. The molecule has 1 amide bonds. The second-order valence-corrected chi connectivity index (χ2v) is 5.27. The minimum atomic E-state index is -0.506. The molecular formula is C16H20N4O4. The Balaban J connectivity index is 2.21. The van der Waals surface area contributed by atoms with Crippen molar-refractivity contribution in [1.29, 1.82) is 0 Å². The van der Waals surface area contributed by atoms with Crippen LogP contribution in [0.2, 0.25) is 0 Å². The van der Waals surface area contributed by atoms with E-state index in [0.29, 0.717) is 23.7 Å². The van der Waals surface area contributed by atoms with Gasteiger partial charge in [0.15, 0.2) is 11.5 Å². The Bertz CT molecular complexity index is 788. The van der Waals surface area contributed by atoms with Crippen LogP contribution in [-0.2, 0) is 11.2 Å². The van der Waals surface area contributed by atoms with Crippen LogP contribution >= 0.6 is 0 Å².